The van der Waals surface area contributed by atoms with Crippen LogP contribution in [0.15, 0.2) is 12.4 Å². The highest BCUT2D eigenvalue weighted by atomic mass is 35.5. The van der Waals surface area contributed by atoms with Crippen molar-refractivity contribution < 1.29 is 0 Å². The lowest BCUT2D eigenvalue weighted by molar-refractivity contribution is 0.678. The van der Waals surface area contributed by atoms with Gasteiger partial charge in [-0.1, -0.05) is 11.6 Å². The number of aromatic nitrogens is 2. The average Bonchev–Trinajstić information content (AvgIpc) is 2.26. The Bertz CT molecular complexity index is 361. The first-order valence-electron chi connectivity index (χ1n) is 4.80. The van der Waals surface area contributed by atoms with E-state index in [-0.39, 0.29) is 5.92 Å². The van der Waals surface area contributed by atoms with Crippen molar-refractivity contribution in [3.63, 3.8) is 0 Å². The highest BCUT2D eigenvalue weighted by Crippen LogP contribution is 2.20. The van der Waals surface area contributed by atoms with Crippen LogP contribution in [0.3, 0.4) is 0 Å². The van der Waals surface area contributed by atoms with Crippen molar-refractivity contribution in [2.45, 2.75) is 13.8 Å². The number of nitriles is 1. The summed E-state index contributed by atoms with van der Waals surface area (Å²) in [6, 6.07) is 2.19. The van der Waals surface area contributed by atoms with Crippen LogP contribution in [0.2, 0.25) is 5.15 Å². The summed E-state index contributed by atoms with van der Waals surface area (Å²) in [5.74, 6) is 0.590. The summed E-state index contributed by atoms with van der Waals surface area (Å²) in [5, 5.41) is 9.13. The van der Waals surface area contributed by atoms with Crippen LogP contribution in [0, 0.1) is 17.2 Å². The number of rotatable bonds is 4. The maximum Gasteiger partial charge on any atom is 0.171 e. The zero-order valence-corrected chi connectivity index (χ0v) is 9.57. The largest absolute Gasteiger partial charge is 0.353 e. The molecule has 1 atom stereocenters. The van der Waals surface area contributed by atoms with Gasteiger partial charge in [0.1, 0.15) is 0 Å². The summed E-state index contributed by atoms with van der Waals surface area (Å²) in [6.45, 7) is 5.23. The molecule has 0 saturated heterocycles. The van der Waals surface area contributed by atoms with Crippen LogP contribution in [0.4, 0.5) is 5.82 Å². The Hall–Kier alpha value is -1.34. The quantitative estimate of drug-likeness (QED) is 0.786. The number of anilines is 1. The van der Waals surface area contributed by atoms with Crippen molar-refractivity contribution >= 4 is 17.4 Å². The third-order valence-corrected chi connectivity index (χ3v) is 2.30. The van der Waals surface area contributed by atoms with Crippen LogP contribution in [0.1, 0.15) is 13.8 Å². The first-order chi connectivity index (χ1) is 7.19. The smallest absolute Gasteiger partial charge is 0.171 e. The molecular weight excluding hydrogens is 212 g/mol. The monoisotopic (exact) mass is 224 g/mol. The molecule has 1 heterocycles. The molecule has 0 saturated carbocycles. The summed E-state index contributed by atoms with van der Waals surface area (Å²) in [4.78, 5) is 10.1. The maximum atomic E-state index is 8.75. The standard InChI is InChI=1S/C10H13ClN4/c1-3-15(7-8(2)6-12)10-9(11)13-4-5-14-10/h4-5,8H,3,7H2,1-2H3. The molecule has 0 aliphatic heterocycles. The lowest BCUT2D eigenvalue weighted by Gasteiger charge is -2.23. The molecule has 80 valence electrons. The molecule has 0 aromatic carbocycles. The van der Waals surface area contributed by atoms with E-state index in [1.54, 1.807) is 12.4 Å². The maximum absolute atomic E-state index is 8.75. The summed E-state index contributed by atoms with van der Waals surface area (Å²) < 4.78 is 0. The molecule has 1 aromatic rings. The van der Waals surface area contributed by atoms with Gasteiger partial charge in [-0.15, -0.1) is 0 Å². The Kier molecular flexibility index (Phi) is 4.32. The van der Waals surface area contributed by atoms with Crippen molar-refractivity contribution in [2.75, 3.05) is 18.0 Å². The molecule has 0 aliphatic carbocycles. The lowest BCUT2D eigenvalue weighted by atomic mass is 10.2. The van der Waals surface area contributed by atoms with Gasteiger partial charge in [-0.2, -0.15) is 5.26 Å². The van der Waals surface area contributed by atoms with Crippen LogP contribution >= 0.6 is 11.6 Å². The van der Waals surface area contributed by atoms with Crippen molar-refractivity contribution in [1.29, 1.82) is 5.26 Å². The average molecular weight is 225 g/mol. The minimum atomic E-state index is -0.0528. The van der Waals surface area contributed by atoms with E-state index < -0.39 is 0 Å². The van der Waals surface area contributed by atoms with E-state index in [2.05, 4.69) is 16.0 Å². The van der Waals surface area contributed by atoms with Gasteiger partial charge in [0.15, 0.2) is 11.0 Å². The van der Waals surface area contributed by atoms with Gasteiger partial charge >= 0.3 is 0 Å². The second-order valence-electron chi connectivity index (χ2n) is 3.24. The van der Waals surface area contributed by atoms with Crippen molar-refractivity contribution in [2.24, 2.45) is 5.92 Å². The van der Waals surface area contributed by atoms with Gasteiger partial charge in [0.05, 0.1) is 12.0 Å². The van der Waals surface area contributed by atoms with Crippen molar-refractivity contribution in [3.8, 4) is 6.07 Å². The zero-order valence-electron chi connectivity index (χ0n) is 8.81. The zero-order chi connectivity index (χ0) is 11.3. The molecule has 0 fully saturated rings. The molecule has 0 N–H and O–H groups in total. The molecule has 0 radical (unpaired) electrons. The van der Waals surface area contributed by atoms with Crippen LogP contribution < -0.4 is 4.90 Å². The van der Waals surface area contributed by atoms with Gasteiger partial charge in [-0.3, -0.25) is 0 Å². The van der Waals surface area contributed by atoms with Gasteiger partial charge in [-0.05, 0) is 13.8 Å². The van der Waals surface area contributed by atoms with Crippen LogP contribution in [0.5, 0.6) is 0 Å². The molecule has 0 amide bonds. The predicted octanol–water partition coefficient (Wildman–Crippen LogP) is 2.12. The molecule has 5 heteroatoms. The Balaban J connectivity index is 2.84. The summed E-state index contributed by atoms with van der Waals surface area (Å²) in [6.07, 6.45) is 3.15. The highest BCUT2D eigenvalue weighted by Gasteiger charge is 2.13. The summed E-state index contributed by atoms with van der Waals surface area (Å²) in [7, 11) is 0. The van der Waals surface area contributed by atoms with E-state index in [9.17, 15) is 0 Å². The Labute approximate surface area is 94.5 Å². The van der Waals surface area contributed by atoms with E-state index in [1.165, 1.54) is 0 Å². The minimum Gasteiger partial charge on any atom is -0.353 e. The SMILES string of the molecule is CCN(CC(C)C#N)c1nccnc1Cl. The Morgan fingerprint density at radius 1 is 1.53 bits per heavy atom. The van der Waals surface area contributed by atoms with Crippen LogP contribution in [-0.4, -0.2) is 23.1 Å². The molecule has 0 bridgehead atoms. The fraction of sp³-hybridized carbons (Fsp3) is 0.500. The van der Waals surface area contributed by atoms with Crippen molar-refractivity contribution in [3.05, 3.63) is 17.5 Å². The van der Waals surface area contributed by atoms with E-state index >= 15 is 0 Å². The minimum absolute atomic E-state index is 0.0528. The molecule has 1 aromatic heterocycles. The fourth-order valence-electron chi connectivity index (χ4n) is 1.26. The normalized spacial score (nSPS) is 11.9. The lowest BCUT2D eigenvalue weighted by Crippen LogP contribution is -2.28. The second-order valence-corrected chi connectivity index (χ2v) is 3.60. The van der Waals surface area contributed by atoms with Crippen molar-refractivity contribution in [1.82, 2.24) is 9.97 Å². The summed E-state index contributed by atoms with van der Waals surface area (Å²) in [5.41, 5.74) is 0. The number of halogens is 1. The van der Waals surface area contributed by atoms with Gasteiger partial charge in [0, 0.05) is 25.5 Å². The topological polar surface area (TPSA) is 52.8 Å². The third kappa shape index (κ3) is 3.07. The highest BCUT2D eigenvalue weighted by molar-refractivity contribution is 6.31. The Morgan fingerprint density at radius 3 is 2.73 bits per heavy atom. The number of hydrogen-bond acceptors (Lipinski definition) is 4. The van der Waals surface area contributed by atoms with Gasteiger partial charge < -0.3 is 4.90 Å². The predicted molar refractivity (Wildman–Crippen MR) is 59.7 cm³/mol. The molecule has 15 heavy (non-hydrogen) atoms. The molecule has 0 aliphatic rings. The molecular formula is C10H13ClN4. The molecule has 4 nitrogen and oxygen atoms in total. The first-order valence-corrected chi connectivity index (χ1v) is 5.17. The number of hydrogen-bond donors (Lipinski definition) is 0. The van der Waals surface area contributed by atoms with Gasteiger partial charge in [0.25, 0.3) is 0 Å². The molecule has 1 rings (SSSR count). The van der Waals surface area contributed by atoms with E-state index in [4.69, 9.17) is 16.9 Å². The second kappa shape index (κ2) is 5.52. The van der Waals surface area contributed by atoms with E-state index in [0.29, 0.717) is 17.5 Å². The molecule has 1 unspecified atom stereocenters. The summed E-state index contributed by atoms with van der Waals surface area (Å²) >= 11 is 5.93. The third-order valence-electron chi connectivity index (χ3n) is 2.03. The fourth-order valence-corrected chi connectivity index (χ4v) is 1.49. The van der Waals surface area contributed by atoms with E-state index in [1.807, 2.05) is 18.7 Å². The van der Waals surface area contributed by atoms with E-state index in [0.717, 1.165) is 6.54 Å². The first kappa shape index (κ1) is 11.7. The Morgan fingerprint density at radius 2 is 2.20 bits per heavy atom. The molecule has 0 spiro atoms. The van der Waals surface area contributed by atoms with Gasteiger partial charge in [-0.25, -0.2) is 9.97 Å². The van der Waals surface area contributed by atoms with Crippen LogP contribution in [0.25, 0.3) is 0 Å². The van der Waals surface area contributed by atoms with Crippen LogP contribution in [-0.2, 0) is 0 Å². The number of nitrogens with zero attached hydrogens (tertiary/aromatic N) is 4. The van der Waals surface area contributed by atoms with Gasteiger partial charge in [0.2, 0.25) is 0 Å².